The Hall–Kier alpha value is -2.89. The van der Waals surface area contributed by atoms with Gasteiger partial charge in [-0.2, -0.15) is 0 Å². The molecule has 0 saturated heterocycles. The maximum Gasteiger partial charge on any atom is 0.330 e. The molecule has 0 radical (unpaired) electrons. The van der Waals surface area contributed by atoms with Crippen molar-refractivity contribution >= 4 is 11.9 Å². The number of ether oxygens (including phenoxy) is 1. The predicted molar refractivity (Wildman–Crippen MR) is 93.6 cm³/mol. The number of fused-ring (bicyclic) bond motifs is 1. The maximum atomic E-state index is 13.0. The number of hydrogen-bond donors (Lipinski definition) is 2. The summed E-state index contributed by atoms with van der Waals surface area (Å²) in [4.78, 5) is 24.0. The molecule has 2 N–H and O–H groups in total. The molecule has 3 rings (SSSR count). The fourth-order valence-corrected chi connectivity index (χ4v) is 3.08. The molecule has 1 aliphatic heterocycles. The van der Waals surface area contributed by atoms with Gasteiger partial charge in [-0.3, -0.25) is 4.79 Å². The molecule has 136 valence electrons. The second-order valence-electron chi connectivity index (χ2n) is 6.46. The predicted octanol–water partition coefficient (Wildman–Crippen LogP) is 3.20. The first-order valence-electron chi connectivity index (χ1n) is 8.47. The number of amides is 1. The highest BCUT2D eigenvalue weighted by atomic mass is 19.1. The summed E-state index contributed by atoms with van der Waals surface area (Å²) in [5, 5.41) is 12.1. The van der Waals surface area contributed by atoms with Crippen LogP contribution in [-0.2, 0) is 16.0 Å². The van der Waals surface area contributed by atoms with Crippen molar-refractivity contribution in [1.29, 1.82) is 0 Å². The zero-order valence-corrected chi connectivity index (χ0v) is 14.4. The molecular formula is C20H20FNO4. The summed E-state index contributed by atoms with van der Waals surface area (Å²) >= 11 is 0. The number of hydrogen-bond acceptors (Lipinski definition) is 3. The first kappa shape index (κ1) is 17.9. The third-order valence-electron chi connectivity index (χ3n) is 4.53. The molecular weight excluding hydrogens is 337 g/mol. The number of nitrogens with one attached hydrogen (secondary N) is 1. The quantitative estimate of drug-likeness (QED) is 0.832. The minimum absolute atomic E-state index is 0.115. The average molecular weight is 357 g/mol. The summed E-state index contributed by atoms with van der Waals surface area (Å²) in [5.41, 5.74) is 2.29. The summed E-state index contributed by atoms with van der Waals surface area (Å²) in [6.45, 7) is 2.42. The highest BCUT2D eigenvalue weighted by Gasteiger charge is 2.25. The van der Waals surface area contributed by atoms with E-state index in [9.17, 15) is 19.1 Å². The van der Waals surface area contributed by atoms with Gasteiger partial charge < -0.3 is 15.2 Å². The Balaban J connectivity index is 1.68. The standard InChI is InChI=1S/C20H20FNO4/c1-12(13-2-5-16(21)6-3-13)10-18(23)22-19(20(24)25)15-4-7-17-14(11-15)8-9-26-17/h2-7,11-12,19H,8-10H2,1H3,(H,22,23)(H,24,25). The van der Waals surface area contributed by atoms with Crippen LogP contribution in [0.4, 0.5) is 4.39 Å². The summed E-state index contributed by atoms with van der Waals surface area (Å²) in [7, 11) is 0. The van der Waals surface area contributed by atoms with E-state index in [0.29, 0.717) is 12.2 Å². The third kappa shape index (κ3) is 4.02. The number of carboxylic acid groups (broad SMARTS) is 1. The Bertz CT molecular complexity index is 819. The van der Waals surface area contributed by atoms with E-state index >= 15 is 0 Å². The number of rotatable bonds is 6. The smallest absolute Gasteiger partial charge is 0.330 e. The van der Waals surface area contributed by atoms with Crippen LogP contribution in [-0.4, -0.2) is 23.6 Å². The van der Waals surface area contributed by atoms with E-state index in [1.54, 1.807) is 30.3 Å². The van der Waals surface area contributed by atoms with E-state index in [0.717, 1.165) is 23.3 Å². The molecule has 1 heterocycles. The zero-order chi connectivity index (χ0) is 18.7. The molecule has 2 aromatic rings. The fraction of sp³-hybridized carbons (Fsp3) is 0.300. The monoisotopic (exact) mass is 357 g/mol. The van der Waals surface area contributed by atoms with Crippen LogP contribution in [0.15, 0.2) is 42.5 Å². The fourth-order valence-electron chi connectivity index (χ4n) is 3.08. The van der Waals surface area contributed by atoms with Crippen LogP contribution in [0, 0.1) is 5.82 Å². The summed E-state index contributed by atoms with van der Waals surface area (Å²) in [5.74, 6) is -1.22. The molecule has 0 saturated carbocycles. The van der Waals surface area contributed by atoms with Crippen LogP contribution in [0.25, 0.3) is 0 Å². The van der Waals surface area contributed by atoms with E-state index in [2.05, 4.69) is 5.32 Å². The number of carbonyl (C=O) groups is 2. The normalized spacial score (nSPS) is 14.8. The minimum Gasteiger partial charge on any atom is -0.493 e. The van der Waals surface area contributed by atoms with E-state index in [4.69, 9.17) is 4.74 Å². The molecule has 26 heavy (non-hydrogen) atoms. The highest BCUT2D eigenvalue weighted by molar-refractivity contribution is 5.85. The van der Waals surface area contributed by atoms with E-state index < -0.39 is 12.0 Å². The summed E-state index contributed by atoms with van der Waals surface area (Å²) in [6.07, 6.45) is 0.842. The molecule has 0 bridgehead atoms. The van der Waals surface area contributed by atoms with Gasteiger partial charge in [-0.1, -0.05) is 25.1 Å². The van der Waals surface area contributed by atoms with Crippen molar-refractivity contribution in [3.05, 3.63) is 65.0 Å². The molecule has 2 aromatic carbocycles. The second kappa shape index (κ2) is 7.56. The van der Waals surface area contributed by atoms with Crippen molar-refractivity contribution in [2.75, 3.05) is 6.61 Å². The Labute approximate surface area is 150 Å². The van der Waals surface area contributed by atoms with E-state index in [1.165, 1.54) is 12.1 Å². The van der Waals surface area contributed by atoms with Crippen molar-refractivity contribution < 1.29 is 23.8 Å². The molecule has 6 heteroatoms. The number of halogens is 1. The SMILES string of the molecule is CC(CC(=O)NC(C(=O)O)c1ccc2c(c1)CCO2)c1ccc(F)cc1. The van der Waals surface area contributed by atoms with Crippen molar-refractivity contribution in [1.82, 2.24) is 5.32 Å². The summed E-state index contributed by atoms with van der Waals surface area (Å²) < 4.78 is 18.4. The van der Waals surface area contributed by atoms with Gasteiger partial charge in [-0.05, 0) is 46.9 Å². The number of benzene rings is 2. The molecule has 2 unspecified atom stereocenters. The van der Waals surface area contributed by atoms with Gasteiger partial charge in [0.2, 0.25) is 5.91 Å². The van der Waals surface area contributed by atoms with E-state index in [-0.39, 0.29) is 24.1 Å². The van der Waals surface area contributed by atoms with Gasteiger partial charge in [0.15, 0.2) is 6.04 Å². The van der Waals surface area contributed by atoms with Crippen molar-refractivity contribution in [3.63, 3.8) is 0 Å². The second-order valence-corrected chi connectivity index (χ2v) is 6.46. The van der Waals surface area contributed by atoms with Gasteiger partial charge in [0.25, 0.3) is 0 Å². The van der Waals surface area contributed by atoms with Gasteiger partial charge in [0.05, 0.1) is 6.61 Å². The molecule has 0 spiro atoms. The van der Waals surface area contributed by atoms with Crippen molar-refractivity contribution in [2.45, 2.75) is 31.7 Å². The lowest BCUT2D eigenvalue weighted by atomic mass is 9.96. The first-order valence-corrected chi connectivity index (χ1v) is 8.47. The number of aliphatic carboxylic acids is 1. The third-order valence-corrected chi connectivity index (χ3v) is 4.53. The van der Waals surface area contributed by atoms with Gasteiger partial charge >= 0.3 is 5.97 Å². The Morgan fingerprint density at radius 2 is 1.88 bits per heavy atom. The lowest BCUT2D eigenvalue weighted by Gasteiger charge is -2.18. The maximum absolute atomic E-state index is 13.0. The molecule has 5 nitrogen and oxygen atoms in total. The molecule has 0 aliphatic carbocycles. The molecule has 2 atom stereocenters. The molecule has 0 aromatic heterocycles. The van der Waals surface area contributed by atoms with Crippen LogP contribution >= 0.6 is 0 Å². The van der Waals surface area contributed by atoms with Gasteiger partial charge in [0, 0.05) is 12.8 Å². The molecule has 0 fully saturated rings. The summed E-state index contributed by atoms with van der Waals surface area (Å²) in [6, 6.07) is 9.99. The van der Waals surface area contributed by atoms with Crippen LogP contribution in [0.2, 0.25) is 0 Å². The van der Waals surface area contributed by atoms with E-state index in [1.807, 2.05) is 6.92 Å². The molecule has 1 aliphatic rings. The average Bonchev–Trinajstić information content (AvgIpc) is 3.07. The van der Waals surface area contributed by atoms with Crippen molar-refractivity contribution in [2.24, 2.45) is 0 Å². The lowest BCUT2D eigenvalue weighted by molar-refractivity contribution is -0.142. The topological polar surface area (TPSA) is 75.6 Å². The number of carbonyl (C=O) groups excluding carboxylic acids is 1. The van der Waals surface area contributed by atoms with Gasteiger partial charge in [-0.15, -0.1) is 0 Å². The largest absolute Gasteiger partial charge is 0.493 e. The Kier molecular flexibility index (Phi) is 5.21. The van der Waals surface area contributed by atoms with Crippen molar-refractivity contribution in [3.8, 4) is 5.75 Å². The highest BCUT2D eigenvalue weighted by Crippen LogP contribution is 2.28. The lowest BCUT2D eigenvalue weighted by Crippen LogP contribution is -2.34. The Morgan fingerprint density at radius 1 is 1.19 bits per heavy atom. The number of carboxylic acids is 1. The van der Waals surface area contributed by atoms with Crippen LogP contribution in [0.3, 0.4) is 0 Å². The Morgan fingerprint density at radius 3 is 2.58 bits per heavy atom. The van der Waals surface area contributed by atoms with Crippen LogP contribution in [0.5, 0.6) is 5.75 Å². The van der Waals surface area contributed by atoms with Crippen LogP contribution in [0.1, 0.15) is 42.0 Å². The molecule has 1 amide bonds. The van der Waals surface area contributed by atoms with Gasteiger partial charge in [0.1, 0.15) is 11.6 Å². The van der Waals surface area contributed by atoms with Crippen LogP contribution < -0.4 is 10.1 Å². The zero-order valence-electron chi connectivity index (χ0n) is 14.4. The first-order chi connectivity index (χ1) is 12.4. The minimum atomic E-state index is -1.12. The van der Waals surface area contributed by atoms with Gasteiger partial charge in [-0.25, -0.2) is 9.18 Å².